The zero-order valence-electron chi connectivity index (χ0n) is 7.94. The molecule has 0 heterocycles. The van der Waals surface area contributed by atoms with Crippen molar-refractivity contribution in [3.05, 3.63) is 29.8 Å². The number of anilines is 1. The average Bonchev–Trinajstić information content (AvgIpc) is 2.16. The summed E-state index contributed by atoms with van der Waals surface area (Å²) in [7, 11) is 1.70. The first-order chi connectivity index (χ1) is 6.27. The van der Waals surface area contributed by atoms with E-state index in [1.54, 1.807) is 18.4 Å². The maximum absolute atomic E-state index is 3.87. The molecule has 3 heteroatoms. The largest absolute Gasteiger partial charge is 0.277 e. The Hall–Kier alpha value is -1.64. The van der Waals surface area contributed by atoms with E-state index in [-0.39, 0.29) is 0 Å². The second kappa shape index (κ2) is 4.40. The third kappa shape index (κ3) is 2.40. The quantitative estimate of drug-likeness (QED) is 0.392. The standard InChI is InChI=1S/C10H13N3/c1-9-4-6-10(7-5-9)13(12-3)8-11-2/h4-8H,3H2,1-2H3. The van der Waals surface area contributed by atoms with Crippen LogP contribution in [0.2, 0.25) is 0 Å². The molecule has 1 aromatic carbocycles. The molecule has 0 aliphatic rings. The molecule has 0 bridgehead atoms. The van der Waals surface area contributed by atoms with Gasteiger partial charge in [-0.05, 0) is 19.1 Å². The summed E-state index contributed by atoms with van der Waals surface area (Å²) in [6.45, 7) is 5.51. The Kier molecular flexibility index (Phi) is 3.20. The summed E-state index contributed by atoms with van der Waals surface area (Å²) < 4.78 is 0. The Labute approximate surface area is 78.4 Å². The predicted molar refractivity (Wildman–Crippen MR) is 57.6 cm³/mol. The van der Waals surface area contributed by atoms with Gasteiger partial charge in [0.05, 0.1) is 5.69 Å². The van der Waals surface area contributed by atoms with E-state index in [1.807, 2.05) is 31.2 Å². The van der Waals surface area contributed by atoms with E-state index < -0.39 is 0 Å². The van der Waals surface area contributed by atoms with Crippen molar-refractivity contribution in [3.8, 4) is 0 Å². The molecule has 0 aliphatic carbocycles. The van der Waals surface area contributed by atoms with E-state index >= 15 is 0 Å². The third-order valence-corrected chi connectivity index (χ3v) is 1.68. The molecule has 0 aliphatic heterocycles. The second-order valence-corrected chi connectivity index (χ2v) is 2.70. The molecule has 0 aromatic heterocycles. The highest BCUT2D eigenvalue weighted by Crippen LogP contribution is 2.13. The van der Waals surface area contributed by atoms with Crippen molar-refractivity contribution in [2.24, 2.45) is 10.1 Å². The molecular weight excluding hydrogens is 162 g/mol. The summed E-state index contributed by atoms with van der Waals surface area (Å²) in [5.41, 5.74) is 2.19. The smallest absolute Gasteiger partial charge is 0.111 e. The summed E-state index contributed by atoms with van der Waals surface area (Å²) in [5.74, 6) is 0. The summed E-state index contributed by atoms with van der Waals surface area (Å²) in [6, 6.07) is 8.01. The van der Waals surface area contributed by atoms with Gasteiger partial charge in [0.25, 0.3) is 0 Å². The van der Waals surface area contributed by atoms with Crippen molar-refractivity contribution in [2.45, 2.75) is 6.92 Å². The lowest BCUT2D eigenvalue weighted by Gasteiger charge is -2.11. The van der Waals surface area contributed by atoms with Crippen LogP contribution in [0.15, 0.2) is 34.4 Å². The van der Waals surface area contributed by atoms with Crippen molar-refractivity contribution in [1.82, 2.24) is 0 Å². The number of rotatable bonds is 3. The van der Waals surface area contributed by atoms with Crippen LogP contribution >= 0.6 is 0 Å². The minimum absolute atomic E-state index is 0.964. The highest BCUT2D eigenvalue weighted by Gasteiger charge is 1.98. The van der Waals surface area contributed by atoms with E-state index in [1.165, 1.54) is 5.56 Å². The summed E-state index contributed by atoms with van der Waals surface area (Å²) in [4.78, 5) is 3.87. The first-order valence-electron chi connectivity index (χ1n) is 4.02. The second-order valence-electron chi connectivity index (χ2n) is 2.70. The molecule has 0 unspecified atom stereocenters. The molecule has 68 valence electrons. The molecule has 13 heavy (non-hydrogen) atoms. The monoisotopic (exact) mass is 175 g/mol. The van der Waals surface area contributed by atoms with Crippen LogP contribution in [0.25, 0.3) is 0 Å². The molecule has 0 saturated carbocycles. The molecule has 3 nitrogen and oxygen atoms in total. The van der Waals surface area contributed by atoms with Crippen molar-refractivity contribution in [3.63, 3.8) is 0 Å². The van der Waals surface area contributed by atoms with E-state index in [0.29, 0.717) is 0 Å². The van der Waals surface area contributed by atoms with Crippen LogP contribution in [-0.2, 0) is 0 Å². The lowest BCUT2D eigenvalue weighted by atomic mass is 10.2. The van der Waals surface area contributed by atoms with Gasteiger partial charge >= 0.3 is 0 Å². The van der Waals surface area contributed by atoms with Gasteiger partial charge in [-0.2, -0.15) is 5.10 Å². The molecule has 1 aromatic rings. The minimum Gasteiger partial charge on any atom is -0.277 e. The van der Waals surface area contributed by atoms with Gasteiger partial charge < -0.3 is 0 Å². The molecule has 0 spiro atoms. The van der Waals surface area contributed by atoms with E-state index in [0.717, 1.165) is 5.69 Å². The van der Waals surface area contributed by atoms with Crippen LogP contribution in [0.4, 0.5) is 5.69 Å². The van der Waals surface area contributed by atoms with Crippen LogP contribution in [0.1, 0.15) is 5.56 Å². The Morgan fingerprint density at radius 3 is 2.38 bits per heavy atom. The van der Waals surface area contributed by atoms with Crippen molar-refractivity contribution < 1.29 is 0 Å². The zero-order valence-corrected chi connectivity index (χ0v) is 7.94. The lowest BCUT2D eigenvalue weighted by Crippen LogP contribution is -2.12. The van der Waals surface area contributed by atoms with Crippen LogP contribution in [0.3, 0.4) is 0 Å². The molecule has 0 radical (unpaired) electrons. The number of aryl methyl sites for hydroxylation is 1. The van der Waals surface area contributed by atoms with Gasteiger partial charge in [0.1, 0.15) is 6.34 Å². The van der Waals surface area contributed by atoms with Gasteiger partial charge in [-0.1, -0.05) is 17.7 Å². The summed E-state index contributed by atoms with van der Waals surface area (Å²) >= 11 is 0. The van der Waals surface area contributed by atoms with Gasteiger partial charge in [-0.15, -0.1) is 0 Å². The van der Waals surface area contributed by atoms with Crippen LogP contribution < -0.4 is 5.01 Å². The topological polar surface area (TPSA) is 28.0 Å². The molecular formula is C10H13N3. The Bertz CT molecular complexity index is 300. The SMILES string of the molecule is C=NN(C=NC)c1ccc(C)cc1. The number of hydrazone groups is 1. The number of aliphatic imine (C=N–C) groups is 1. The fourth-order valence-electron chi connectivity index (χ4n) is 0.992. The predicted octanol–water partition coefficient (Wildman–Crippen LogP) is 2.08. The lowest BCUT2D eigenvalue weighted by molar-refractivity contribution is 1.15. The van der Waals surface area contributed by atoms with E-state index in [4.69, 9.17) is 0 Å². The van der Waals surface area contributed by atoms with Crippen LogP contribution in [0.5, 0.6) is 0 Å². The number of hydrogen-bond donors (Lipinski definition) is 0. The van der Waals surface area contributed by atoms with Gasteiger partial charge in [0.2, 0.25) is 0 Å². The van der Waals surface area contributed by atoms with Gasteiger partial charge in [-0.3, -0.25) is 4.99 Å². The maximum atomic E-state index is 3.87. The summed E-state index contributed by atoms with van der Waals surface area (Å²) in [6.07, 6.45) is 1.62. The third-order valence-electron chi connectivity index (χ3n) is 1.68. The normalized spacial score (nSPS) is 10.3. The Morgan fingerprint density at radius 1 is 1.31 bits per heavy atom. The van der Waals surface area contributed by atoms with Gasteiger partial charge in [0.15, 0.2) is 0 Å². The van der Waals surface area contributed by atoms with Crippen LogP contribution in [0, 0.1) is 6.92 Å². The Balaban J connectivity index is 2.91. The van der Waals surface area contributed by atoms with E-state index in [9.17, 15) is 0 Å². The fourth-order valence-corrected chi connectivity index (χ4v) is 0.992. The van der Waals surface area contributed by atoms with Gasteiger partial charge in [0, 0.05) is 13.8 Å². The van der Waals surface area contributed by atoms with Gasteiger partial charge in [-0.25, -0.2) is 5.01 Å². The highest BCUT2D eigenvalue weighted by atomic mass is 15.4. The highest BCUT2D eigenvalue weighted by molar-refractivity contribution is 5.78. The minimum atomic E-state index is 0.964. The zero-order chi connectivity index (χ0) is 9.68. The number of nitrogens with zero attached hydrogens (tertiary/aromatic N) is 3. The molecule has 1 rings (SSSR count). The van der Waals surface area contributed by atoms with Crippen molar-refractivity contribution in [2.75, 3.05) is 12.1 Å². The van der Waals surface area contributed by atoms with Crippen LogP contribution in [-0.4, -0.2) is 20.1 Å². The van der Waals surface area contributed by atoms with E-state index in [2.05, 4.69) is 16.8 Å². The molecule has 0 saturated heterocycles. The molecule has 0 amide bonds. The van der Waals surface area contributed by atoms with Crippen molar-refractivity contribution >= 4 is 18.7 Å². The first kappa shape index (κ1) is 9.45. The number of hydrogen-bond acceptors (Lipinski definition) is 2. The first-order valence-corrected chi connectivity index (χ1v) is 4.02. The Morgan fingerprint density at radius 2 is 1.92 bits per heavy atom. The fraction of sp³-hybridized carbons (Fsp3) is 0.200. The summed E-state index contributed by atoms with van der Waals surface area (Å²) in [5, 5.41) is 5.44. The average molecular weight is 175 g/mol. The molecule has 0 fully saturated rings. The maximum Gasteiger partial charge on any atom is 0.111 e. The molecule has 0 N–H and O–H groups in total. The number of benzene rings is 1. The van der Waals surface area contributed by atoms with Crippen molar-refractivity contribution in [1.29, 1.82) is 0 Å². The molecule has 0 atom stereocenters.